The second kappa shape index (κ2) is 10.8. The molecule has 0 radical (unpaired) electrons. The number of carbonyl (C=O) groups excluding carboxylic acids is 1. The number of esters is 1. The van der Waals surface area contributed by atoms with Crippen LogP contribution >= 0.6 is 0 Å². The topological polar surface area (TPSA) is 71.7 Å². The van der Waals surface area contributed by atoms with Gasteiger partial charge in [-0.25, -0.2) is 4.39 Å². The Morgan fingerprint density at radius 3 is 2.47 bits per heavy atom. The van der Waals surface area contributed by atoms with Gasteiger partial charge in [0.1, 0.15) is 5.82 Å². The van der Waals surface area contributed by atoms with E-state index in [1.54, 1.807) is 18.2 Å². The lowest BCUT2D eigenvalue weighted by atomic mass is 9.79. The summed E-state index contributed by atoms with van der Waals surface area (Å²) in [6, 6.07) is 16.7. The third-order valence-electron chi connectivity index (χ3n) is 6.93. The Balaban J connectivity index is 1.86. The first-order chi connectivity index (χ1) is 17.2. The molecule has 2 N–H and O–H groups in total. The monoisotopic (exact) mass is 491 g/mol. The van der Waals surface area contributed by atoms with Crippen molar-refractivity contribution in [1.82, 2.24) is 4.57 Å². The number of aromatic nitrogens is 1. The third kappa shape index (κ3) is 5.45. The number of hydrogen-bond donors (Lipinski definition) is 2. The molecule has 0 spiro atoms. The lowest BCUT2D eigenvalue weighted by molar-refractivity contribution is -0.143. The predicted octanol–water partition coefficient (Wildman–Crippen LogP) is 5.72. The van der Waals surface area contributed by atoms with Gasteiger partial charge in [0.05, 0.1) is 31.4 Å². The molecular formula is C30H34FNO4. The molecule has 2 unspecified atom stereocenters. The lowest BCUT2D eigenvalue weighted by Gasteiger charge is -2.33. The van der Waals surface area contributed by atoms with E-state index in [9.17, 15) is 19.4 Å². The number of aliphatic hydroxyl groups excluding tert-OH is 2. The Kier molecular flexibility index (Phi) is 7.76. The number of carbonyl (C=O) groups is 1. The van der Waals surface area contributed by atoms with Gasteiger partial charge in [-0.1, -0.05) is 68.5 Å². The van der Waals surface area contributed by atoms with Crippen LogP contribution in [0.5, 0.6) is 0 Å². The normalized spacial score (nSPS) is 16.5. The molecule has 0 saturated carbocycles. The van der Waals surface area contributed by atoms with E-state index in [1.807, 2.05) is 24.3 Å². The highest BCUT2D eigenvalue weighted by atomic mass is 19.1. The Labute approximate surface area is 211 Å². The van der Waals surface area contributed by atoms with Crippen LogP contribution in [0.2, 0.25) is 0 Å². The van der Waals surface area contributed by atoms with Crippen LogP contribution in [0.15, 0.2) is 60.7 Å². The molecule has 1 aromatic heterocycles. The molecule has 190 valence electrons. The van der Waals surface area contributed by atoms with Crippen LogP contribution in [-0.4, -0.2) is 40.1 Å². The zero-order valence-electron chi connectivity index (χ0n) is 21.1. The van der Waals surface area contributed by atoms with Crippen LogP contribution in [-0.2, 0) is 21.5 Å². The van der Waals surface area contributed by atoms with Crippen molar-refractivity contribution < 1.29 is 24.1 Å². The van der Waals surface area contributed by atoms with Gasteiger partial charge in [0.2, 0.25) is 0 Å². The van der Waals surface area contributed by atoms with Crippen molar-refractivity contribution in [2.75, 3.05) is 7.11 Å². The summed E-state index contributed by atoms with van der Waals surface area (Å²) in [5.41, 5.74) is 6.07. The number of halogens is 1. The Hall–Kier alpha value is -3.22. The Morgan fingerprint density at radius 2 is 1.81 bits per heavy atom. The van der Waals surface area contributed by atoms with Gasteiger partial charge >= 0.3 is 5.97 Å². The number of rotatable bonds is 8. The van der Waals surface area contributed by atoms with Crippen LogP contribution in [0.1, 0.15) is 50.8 Å². The number of ether oxygens (including phenoxy) is 1. The number of nitrogens with zero attached hydrogens (tertiary/aromatic N) is 1. The summed E-state index contributed by atoms with van der Waals surface area (Å²) in [4.78, 5) is 11.5. The van der Waals surface area contributed by atoms with Gasteiger partial charge in [-0.15, -0.1) is 0 Å². The number of aliphatic hydroxyl groups is 2. The predicted molar refractivity (Wildman–Crippen MR) is 140 cm³/mol. The largest absolute Gasteiger partial charge is 0.469 e. The first-order valence-electron chi connectivity index (χ1n) is 12.4. The van der Waals surface area contributed by atoms with Crippen LogP contribution in [0, 0.1) is 5.82 Å². The maximum atomic E-state index is 13.9. The van der Waals surface area contributed by atoms with E-state index in [0.29, 0.717) is 0 Å². The smallest absolute Gasteiger partial charge is 0.308 e. The van der Waals surface area contributed by atoms with E-state index in [1.165, 1.54) is 24.9 Å². The molecule has 0 bridgehead atoms. The zero-order chi connectivity index (χ0) is 25.9. The first-order valence-corrected chi connectivity index (χ1v) is 12.4. The minimum absolute atomic E-state index is 0.0163. The van der Waals surface area contributed by atoms with Gasteiger partial charge in [0.15, 0.2) is 0 Å². The molecular weight excluding hydrogens is 457 g/mol. The van der Waals surface area contributed by atoms with Gasteiger partial charge in [-0.05, 0) is 36.1 Å². The minimum Gasteiger partial charge on any atom is -0.469 e. The van der Waals surface area contributed by atoms with Crippen LogP contribution in [0.25, 0.3) is 28.5 Å². The average Bonchev–Trinajstić information content (AvgIpc) is 3.19. The van der Waals surface area contributed by atoms with Crippen molar-refractivity contribution in [3.05, 3.63) is 77.7 Å². The fourth-order valence-corrected chi connectivity index (χ4v) is 5.28. The van der Waals surface area contributed by atoms with Gasteiger partial charge in [-0.2, -0.15) is 0 Å². The quantitative estimate of drug-likeness (QED) is 0.395. The minimum atomic E-state index is -1.01. The number of benzene rings is 2. The molecule has 1 aliphatic rings. The molecule has 0 fully saturated rings. The second-order valence-corrected chi connectivity index (χ2v) is 10.1. The third-order valence-corrected chi connectivity index (χ3v) is 6.93. The lowest BCUT2D eigenvalue weighted by Crippen LogP contribution is -2.28. The van der Waals surface area contributed by atoms with Crippen molar-refractivity contribution in [2.24, 2.45) is 0 Å². The highest BCUT2D eigenvalue weighted by Gasteiger charge is 2.35. The van der Waals surface area contributed by atoms with Gasteiger partial charge in [0, 0.05) is 35.2 Å². The molecule has 3 aromatic rings. The molecule has 1 aliphatic heterocycles. The maximum Gasteiger partial charge on any atom is 0.308 e. The molecule has 36 heavy (non-hydrogen) atoms. The van der Waals surface area contributed by atoms with Crippen LogP contribution in [0.3, 0.4) is 0 Å². The SMILES string of the molecule is COC(=O)CC(O)CC(O)/C=C/c1c(-c2ccc(F)cc2)c(-c2ccccc2)n2c1C(C)(C)CCC2. The van der Waals surface area contributed by atoms with E-state index in [4.69, 9.17) is 0 Å². The van der Waals surface area contributed by atoms with Crippen molar-refractivity contribution in [1.29, 1.82) is 0 Å². The maximum absolute atomic E-state index is 13.9. The standard InChI is InChI=1S/C30H34FNO4/c1-30(2)16-7-17-32-28(21-8-5-4-6-9-21)27(20-10-12-22(31)13-11-20)25(29(30)32)15-14-23(33)18-24(34)19-26(35)36-3/h4-6,8-15,23-24,33-34H,7,16-19H2,1-3H3/b15-14+. The molecule has 4 rings (SSSR count). The molecule has 0 aliphatic carbocycles. The fourth-order valence-electron chi connectivity index (χ4n) is 5.28. The summed E-state index contributed by atoms with van der Waals surface area (Å²) in [6.07, 6.45) is 3.54. The summed E-state index contributed by atoms with van der Waals surface area (Å²) < 4.78 is 20.8. The highest BCUT2D eigenvalue weighted by molar-refractivity contribution is 5.90. The molecule has 5 nitrogen and oxygen atoms in total. The van der Waals surface area contributed by atoms with Crippen LogP contribution in [0.4, 0.5) is 4.39 Å². The zero-order valence-corrected chi connectivity index (χ0v) is 21.1. The summed E-state index contributed by atoms with van der Waals surface area (Å²) in [5.74, 6) is -0.815. The van der Waals surface area contributed by atoms with Gasteiger partial charge < -0.3 is 19.5 Å². The van der Waals surface area contributed by atoms with Crippen molar-refractivity contribution in [3.63, 3.8) is 0 Å². The van der Waals surface area contributed by atoms with Gasteiger partial charge in [0.25, 0.3) is 0 Å². The summed E-state index contributed by atoms with van der Waals surface area (Å²) >= 11 is 0. The van der Waals surface area contributed by atoms with Gasteiger partial charge in [-0.3, -0.25) is 4.79 Å². The van der Waals surface area contributed by atoms with Crippen LogP contribution < -0.4 is 0 Å². The van der Waals surface area contributed by atoms with Crippen molar-refractivity contribution in [2.45, 2.75) is 63.7 Å². The number of fused-ring (bicyclic) bond motifs is 1. The van der Waals surface area contributed by atoms with Crippen molar-refractivity contribution >= 4 is 12.0 Å². The number of methoxy groups -OCH3 is 1. The fraction of sp³-hybridized carbons (Fsp3) is 0.367. The Morgan fingerprint density at radius 1 is 1.11 bits per heavy atom. The summed E-state index contributed by atoms with van der Waals surface area (Å²) in [5, 5.41) is 20.8. The first kappa shape index (κ1) is 25.9. The van der Waals surface area contributed by atoms with E-state index in [0.717, 1.165) is 47.3 Å². The average molecular weight is 492 g/mol. The summed E-state index contributed by atoms with van der Waals surface area (Å²) in [7, 11) is 1.27. The molecule has 0 saturated heterocycles. The van der Waals surface area contributed by atoms with E-state index < -0.39 is 18.2 Å². The molecule has 2 heterocycles. The Bertz CT molecular complexity index is 1230. The molecule has 2 aromatic carbocycles. The molecule has 0 amide bonds. The second-order valence-electron chi connectivity index (χ2n) is 10.1. The number of hydrogen-bond acceptors (Lipinski definition) is 4. The van der Waals surface area contributed by atoms with E-state index in [-0.39, 0.29) is 24.1 Å². The highest BCUT2D eigenvalue weighted by Crippen LogP contribution is 2.47. The molecule has 6 heteroatoms. The van der Waals surface area contributed by atoms with E-state index in [2.05, 4.69) is 35.3 Å². The summed E-state index contributed by atoms with van der Waals surface area (Å²) in [6.45, 7) is 5.33. The molecule has 2 atom stereocenters. The van der Waals surface area contributed by atoms with E-state index >= 15 is 0 Å². The van der Waals surface area contributed by atoms with Crippen molar-refractivity contribution in [3.8, 4) is 22.4 Å².